The van der Waals surface area contributed by atoms with Crippen LogP contribution in [0.2, 0.25) is 0 Å². The molecule has 0 saturated heterocycles. The molecule has 0 amide bonds. The van der Waals surface area contributed by atoms with Gasteiger partial charge in [-0.3, -0.25) is 10.1 Å². The van der Waals surface area contributed by atoms with Crippen LogP contribution in [0.15, 0.2) is 18.2 Å². The minimum absolute atomic E-state index is 0.0630. The molecule has 13 heavy (non-hydrogen) atoms. The van der Waals surface area contributed by atoms with Crippen LogP contribution in [-0.2, 0) is 6.42 Å². The summed E-state index contributed by atoms with van der Waals surface area (Å²) < 4.78 is 13.2. The van der Waals surface area contributed by atoms with Crippen molar-refractivity contribution in [3.05, 3.63) is 39.7 Å². The van der Waals surface area contributed by atoms with Crippen molar-refractivity contribution in [2.45, 2.75) is 6.42 Å². The van der Waals surface area contributed by atoms with Gasteiger partial charge in [0.15, 0.2) is 0 Å². The number of hydrogen-bond donors (Lipinski definition) is 0. The highest BCUT2D eigenvalue weighted by atomic mass is 19.1. The first-order chi connectivity index (χ1) is 6.16. The minimum atomic E-state index is -0.842. The number of terminal acetylenes is 1. The topological polar surface area (TPSA) is 43.1 Å². The molecule has 1 rings (SSSR count). The van der Waals surface area contributed by atoms with E-state index in [9.17, 15) is 14.5 Å². The second-order valence-corrected chi connectivity index (χ2v) is 2.39. The summed E-state index contributed by atoms with van der Waals surface area (Å²) in [4.78, 5) is 9.52. The Balaban J connectivity index is 3.20. The molecule has 0 aliphatic carbocycles. The van der Waals surface area contributed by atoms with Gasteiger partial charge in [0, 0.05) is 18.1 Å². The van der Waals surface area contributed by atoms with Crippen molar-refractivity contribution in [1.29, 1.82) is 0 Å². The third-order valence-corrected chi connectivity index (χ3v) is 1.55. The number of hydrogen-bond acceptors (Lipinski definition) is 2. The molecule has 0 heterocycles. The Morgan fingerprint density at radius 1 is 1.62 bits per heavy atom. The van der Waals surface area contributed by atoms with Gasteiger partial charge in [-0.2, -0.15) is 4.39 Å². The van der Waals surface area contributed by atoms with Crippen molar-refractivity contribution in [3.8, 4) is 12.3 Å². The zero-order chi connectivity index (χ0) is 9.84. The zero-order valence-electron chi connectivity index (χ0n) is 6.66. The predicted octanol–water partition coefficient (Wildman–Crippen LogP) is 1.91. The van der Waals surface area contributed by atoms with Crippen LogP contribution in [0, 0.1) is 28.3 Å². The average Bonchev–Trinajstić information content (AvgIpc) is 2.08. The largest absolute Gasteiger partial charge is 0.305 e. The molecule has 0 N–H and O–H groups in total. The molecule has 3 nitrogen and oxygen atoms in total. The van der Waals surface area contributed by atoms with E-state index in [-0.39, 0.29) is 12.0 Å². The first-order valence-corrected chi connectivity index (χ1v) is 3.52. The number of nitrogens with zero attached hydrogens (tertiary/aromatic N) is 1. The third-order valence-electron chi connectivity index (χ3n) is 1.55. The highest BCUT2D eigenvalue weighted by molar-refractivity contribution is 5.38. The van der Waals surface area contributed by atoms with E-state index in [0.29, 0.717) is 0 Å². The summed E-state index contributed by atoms with van der Waals surface area (Å²) in [5, 5.41) is 10.3. The van der Waals surface area contributed by atoms with Gasteiger partial charge in [-0.1, -0.05) is 12.1 Å². The fraction of sp³-hybridized carbons (Fsp3) is 0.111. The van der Waals surface area contributed by atoms with Gasteiger partial charge >= 0.3 is 5.69 Å². The van der Waals surface area contributed by atoms with E-state index in [1.54, 1.807) is 0 Å². The lowest BCUT2D eigenvalue weighted by atomic mass is 10.1. The predicted molar refractivity (Wildman–Crippen MR) is 45.6 cm³/mol. The van der Waals surface area contributed by atoms with Crippen molar-refractivity contribution in [3.63, 3.8) is 0 Å². The van der Waals surface area contributed by atoms with Gasteiger partial charge in [0.2, 0.25) is 5.82 Å². The molecule has 66 valence electrons. The molecule has 0 unspecified atom stereocenters. The van der Waals surface area contributed by atoms with Gasteiger partial charge in [0.25, 0.3) is 0 Å². The smallest absolute Gasteiger partial charge is 0.258 e. The highest BCUT2D eigenvalue weighted by Crippen LogP contribution is 2.19. The van der Waals surface area contributed by atoms with Crippen LogP contribution < -0.4 is 0 Å². The number of benzene rings is 1. The summed E-state index contributed by atoms with van der Waals surface area (Å²) >= 11 is 0. The molecule has 0 saturated carbocycles. The summed E-state index contributed by atoms with van der Waals surface area (Å²) in [6, 6.07) is 3.95. The molecule has 4 heteroatoms. The van der Waals surface area contributed by atoms with Crippen molar-refractivity contribution >= 4 is 5.69 Å². The molecule has 0 aliphatic rings. The van der Waals surface area contributed by atoms with Gasteiger partial charge in [-0.15, -0.1) is 12.3 Å². The van der Waals surface area contributed by atoms with E-state index < -0.39 is 16.4 Å². The standard InChI is InChI=1S/C9H6FNO2/c1-2-4-7-5-3-6-8(9(7)10)11(12)13/h1,3,5-6H,4H2. The van der Waals surface area contributed by atoms with Crippen LogP contribution in [0.1, 0.15) is 5.56 Å². The zero-order valence-corrected chi connectivity index (χ0v) is 6.66. The molecule has 0 aromatic heterocycles. The molecule has 0 bridgehead atoms. The summed E-state index contributed by atoms with van der Waals surface area (Å²) in [7, 11) is 0. The van der Waals surface area contributed by atoms with E-state index in [2.05, 4.69) is 5.92 Å². The summed E-state index contributed by atoms with van der Waals surface area (Å²) in [5.74, 6) is 1.39. The Morgan fingerprint density at radius 2 is 2.31 bits per heavy atom. The Morgan fingerprint density at radius 3 is 2.85 bits per heavy atom. The summed E-state index contributed by atoms with van der Waals surface area (Å²) in [6.45, 7) is 0. The van der Waals surface area contributed by atoms with Crippen molar-refractivity contribution in [2.24, 2.45) is 0 Å². The second kappa shape index (κ2) is 3.68. The third kappa shape index (κ3) is 1.82. The van der Waals surface area contributed by atoms with Crippen LogP contribution in [0.25, 0.3) is 0 Å². The molecule has 0 aliphatic heterocycles. The Hall–Kier alpha value is -1.89. The number of nitro groups is 1. The first-order valence-electron chi connectivity index (χ1n) is 3.52. The van der Waals surface area contributed by atoms with E-state index in [1.807, 2.05) is 0 Å². The maximum atomic E-state index is 13.2. The van der Waals surface area contributed by atoms with E-state index in [1.165, 1.54) is 12.1 Å². The molecular formula is C9H6FNO2. The number of nitro benzene ring substituents is 1. The summed E-state index contributed by atoms with van der Waals surface area (Å²) in [6.07, 6.45) is 5.03. The Labute approximate surface area is 74.3 Å². The van der Waals surface area contributed by atoms with Crippen LogP contribution in [0.3, 0.4) is 0 Å². The molecule has 0 spiro atoms. The van der Waals surface area contributed by atoms with Crippen LogP contribution in [0.5, 0.6) is 0 Å². The molecular weight excluding hydrogens is 173 g/mol. The van der Waals surface area contributed by atoms with Crippen LogP contribution >= 0.6 is 0 Å². The fourth-order valence-electron chi connectivity index (χ4n) is 0.954. The van der Waals surface area contributed by atoms with Crippen molar-refractivity contribution in [1.82, 2.24) is 0 Å². The van der Waals surface area contributed by atoms with E-state index >= 15 is 0 Å². The minimum Gasteiger partial charge on any atom is -0.258 e. The molecule has 1 aromatic rings. The average molecular weight is 179 g/mol. The normalized spacial score (nSPS) is 9.23. The molecule has 0 atom stereocenters. The first kappa shape index (κ1) is 9.20. The van der Waals surface area contributed by atoms with Crippen LogP contribution in [-0.4, -0.2) is 4.92 Å². The van der Waals surface area contributed by atoms with Crippen LogP contribution in [0.4, 0.5) is 10.1 Å². The molecule has 1 aromatic carbocycles. The highest BCUT2D eigenvalue weighted by Gasteiger charge is 2.15. The number of rotatable bonds is 2. The summed E-state index contributed by atoms with van der Waals surface area (Å²) in [5.41, 5.74) is -0.357. The van der Waals surface area contributed by atoms with Crippen molar-refractivity contribution in [2.75, 3.05) is 0 Å². The fourth-order valence-corrected chi connectivity index (χ4v) is 0.954. The van der Waals surface area contributed by atoms with Gasteiger partial charge in [0.1, 0.15) is 0 Å². The maximum Gasteiger partial charge on any atom is 0.305 e. The molecule has 0 radical (unpaired) electrons. The Kier molecular flexibility index (Phi) is 2.60. The molecule has 0 fully saturated rings. The monoisotopic (exact) mass is 179 g/mol. The van der Waals surface area contributed by atoms with E-state index in [0.717, 1.165) is 6.07 Å². The van der Waals surface area contributed by atoms with Gasteiger partial charge in [0.05, 0.1) is 4.92 Å². The quantitative estimate of drug-likeness (QED) is 0.395. The number of halogens is 1. The lowest BCUT2D eigenvalue weighted by Gasteiger charge is -1.98. The van der Waals surface area contributed by atoms with Crippen molar-refractivity contribution < 1.29 is 9.31 Å². The Bertz CT molecular complexity index is 382. The lowest BCUT2D eigenvalue weighted by molar-refractivity contribution is -0.387. The van der Waals surface area contributed by atoms with Gasteiger partial charge in [-0.25, -0.2) is 0 Å². The SMILES string of the molecule is C#CCc1cccc([N+](=O)[O-])c1F. The maximum absolute atomic E-state index is 13.2. The van der Waals surface area contributed by atoms with Gasteiger partial charge in [-0.05, 0) is 0 Å². The lowest BCUT2D eigenvalue weighted by Crippen LogP contribution is -1.96. The van der Waals surface area contributed by atoms with Gasteiger partial charge < -0.3 is 0 Å². The van der Waals surface area contributed by atoms with E-state index in [4.69, 9.17) is 6.42 Å². The second-order valence-electron chi connectivity index (χ2n) is 2.39.